The molecular weight excluding hydrogens is 174 g/mol. The molecule has 3 heteroatoms. The van der Waals surface area contributed by atoms with E-state index in [1.54, 1.807) is 6.20 Å². The molecule has 71 valence electrons. The third-order valence-electron chi connectivity index (χ3n) is 2.16. The molecule has 0 saturated carbocycles. The summed E-state index contributed by atoms with van der Waals surface area (Å²) in [5, 5.41) is 0. The highest BCUT2D eigenvalue weighted by Gasteiger charge is 1.96. The highest BCUT2D eigenvalue weighted by atomic mass is 14.9. The molecule has 1 aromatic carbocycles. The van der Waals surface area contributed by atoms with E-state index in [9.17, 15) is 0 Å². The van der Waals surface area contributed by atoms with E-state index < -0.39 is 0 Å². The van der Waals surface area contributed by atoms with Crippen LogP contribution in [0.25, 0.3) is 0 Å². The number of hydrogen-bond acceptors (Lipinski definition) is 1. The maximum Gasteiger partial charge on any atom is 0.106 e. The summed E-state index contributed by atoms with van der Waals surface area (Å²) in [6.45, 7) is 0. The lowest BCUT2D eigenvalue weighted by Gasteiger charge is -1.99. The molecule has 0 aliphatic rings. The van der Waals surface area contributed by atoms with Crippen LogP contribution in [0.3, 0.4) is 0 Å². The predicted octanol–water partition coefficient (Wildman–Crippen LogP) is 2.11. The Morgan fingerprint density at radius 1 is 1.14 bits per heavy atom. The van der Waals surface area contributed by atoms with E-state index >= 15 is 0 Å². The Bertz CT molecular complexity index is 375. The number of H-pyrrole nitrogens is 1. The SMILES string of the molecule is [NH]c1ccc(CCc2ncc[nH]2)cc1. The zero-order valence-electron chi connectivity index (χ0n) is 7.83. The fourth-order valence-electron chi connectivity index (χ4n) is 1.37. The quantitative estimate of drug-likeness (QED) is 0.784. The average molecular weight is 186 g/mol. The third kappa shape index (κ3) is 2.13. The molecule has 0 amide bonds. The van der Waals surface area contributed by atoms with Gasteiger partial charge in [0.05, 0.1) is 5.69 Å². The van der Waals surface area contributed by atoms with Crippen molar-refractivity contribution < 1.29 is 0 Å². The van der Waals surface area contributed by atoms with Crippen LogP contribution < -0.4 is 5.73 Å². The van der Waals surface area contributed by atoms with Crippen LogP contribution in [0.4, 0.5) is 5.69 Å². The zero-order valence-corrected chi connectivity index (χ0v) is 7.83. The van der Waals surface area contributed by atoms with Gasteiger partial charge in [0.1, 0.15) is 5.82 Å². The van der Waals surface area contributed by atoms with E-state index in [-0.39, 0.29) is 0 Å². The van der Waals surface area contributed by atoms with Crippen LogP contribution in [0.15, 0.2) is 36.7 Å². The van der Waals surface area contributed by atoms with Gasteiger partial charge in [-0.15, -0.1) is 0 Å². The van der Waals surface area contributed by atoms with Crippen LogP contribution in [0, 0.1) is 0 Å². The highest BCUT2D eigenvalue weighted by molar-refractivity contribution is 5.35. The molecule has 2 N–H and O–H groups in total. The van der Waals surface area contributed by atoms with E-state index in [1.807, 2.05) is 30.5 Å². The van der Waals surface area contributed by atoms with Gasteiger partial charge in [0.2, 0.25) is 0 Å². The van der Waals surface area contributed by atoms with Crippen LogP contribution in [-0.4, -0.2) is 9.97 Å². The van der Waals surface area contributed by atoms with Gasteiger partial charge in [-0.3, -0.25) is 0 Å². The summed E-state index contributed by atoms with van der Waals surface area (Å²) < 4.78 is 0. The molecule has 2 aromatic rings. The maximum atomic E-state index is 7.34. The summed E-state index contributed by atoms with van der Waals surface area (Å²) in [4.78, 5) is 7.23. The van der Waals surface area contributed by atoms with Crippen LogP contribution in [-0.2, 0) is 12.8 Å². The Labute approximate surface area is 83.0 Å². The standard InChI is InChI=1S/C11H12N3/c12-10-4-1-9(2-5-10)3-6-11-13-7-8-14-11/h1-2,4-5,7-8,12H,3,6H2,(H,13,14). The molecule has 0 saturated heterocycles. The van der Waals surface area contributed by atoms with E-state index in [4.69, 9.17) is 5.73 Å². The van der Waals surface area contributed by atoms with Gasteiger partial charge in [0.15, 0.2) is 0 Å². The van der Waals surface area contributed by atoms with Gasteiger partial charge in [0.25, 0.3) is 0 Å². The molecular formula is C11H12N3. The number of aromatic nitrogens is 2. The Hall–Kier alpha value is -1.77. The smallest absolute Gasteiger partial charge is 0.106 e. The highest BCUT2D eigenvalue weighted by Crippen LogP contribution is 2.08. The summed E-state index contributed by atoms with van der Waals surface area (Å²) >= 11 is 0. The topological polar surface area (TPSA) is 52.5 Å². The summed E-state index contributed by atoms with van der Waals surface area (Å²) in [6, 6.07) is 7.62. The van der Waals surface area contributed by atoms with Crippen molar-refractivity contribution in [3.63, 3.8) is 0 Å². The number of hydrogen-bond donors (Lipinski definition) is 1. The van der Waals surface area contributed by atoms with Crippen molar-refractivity contribution in [3.8, 4) is 0 Å². The van der Waals surface area contributed by atoms with Gasteiger partial charge in [-0.1, -0.05) is 12.1 Å². The first-order chi connectivity index (χ1) is 6.84. The van der Waals surface area contributed by atoms with Crippen molar-refractivity contribution in [1.82, 2.24) is 15.7 Å². The van der Waals surface area contributed by atoms with Crippen LogP contribution in [0.5, 0.6) is 0 Å². The molecule has 0 unspecified atom stereocenters. The second-order valence-corrected chi connectivity index (χ2v) is 3.23. The molecule has 0 atom stereocenters. The minimum atomic E-state index is 0.562. The Morgan fingerprint density at radius 2 is 1.93 bits per heavy atom. The summed E-state index contributed by atoms with van der Waals surface area (Å²) in [5.74, 6) is 1.01. The second kappa shape index (κ2) is 3.96. The molecule has 1 radical (unpaired) electrons. The zero-order chi connectivity index (χ0) is 9.80. The van der Waals surface area contributed by atoms with Crippen LogP contribution >= 0.6 is 0 Å². The third-order valence-corrected chi connectivity index (χ3v) is 2.16. The average Bonchev–Trinajstić information content (AvgIpc) is 2.70. The van der Waals surface area contributed by atoms with Crippen molar-refractivity contribution >= 4 is 5.69 Å². The fourth-order valence-corrected chi connectivity index (χ4v) is 1.37. The first-order valence-electron chi connectivity index (χ1n) is 4.63. The Kier molecular flexibility index (Phi) is 2.49. The van der Waals surface area contributed by atoms with E-state index in [0.717, 1.165) is 18.7 Å². The van der Waals surface area contributed by atoms with Gasteiger partial charge in [0, 0.05) is 18.8 Å². The van der Waals surface area contributed by atoms with E-state index in [0.29, 0.717) is 5.69 Å². The van der Waals surface area contributed by atoms with Gasteiger partial charge in [-0.2, -0.15) is 0 Å². The number of rotatable bonds is 3. The molecule has 0 bridgehead atoms. The molecule has 14 heavy (non-hydrogen) atoms. The summed E-state index contributed by atoms with van der Waals surface area (Å²) in [6.07, 6.45) is 5.49. The van der Waals surface area contributed by atoms with Crippen molar-refractivity contribution in [3.05, 3.63) is 48.0 Å². The normalized spacial score (nSPS) is 10.3. The Balaban J connectivity index is 1.95. The van der Waals surface area contributed by atoms with Crippen molar-refractivity contribution in [2.75, 3.05) is 0 Å². The molecule has 1 heterocycles. The number of aryl methyl sites for hydroxylation is 2. The molecule has 1 aromatic heterocycles. The van der Waals surface area contributed by atoms with Crippen molar-refractivity contribution in [2.45, 2.75) is 12.8 Å². The molecule has 3 nitrogen and oxygen atoms in total. The maximum absolute atomic E-state index is 7.34. The van der Waals surface area contributed by atoms with Gasteiger partial charge in [-0.25, -0.2) is 4.98 Å². The lowest BCUT2D eigenvalue weighted by atomic mass is 10.1. The van der Waals surface area contributed by atoms with Gasteiger partial charge in [-0.05, 0) is 24.1 Å². The lowest BCUT2D eigenvalue weighted by molar-refractivity contribution is 0.884. The summed E-state index contributed by atoms with van der Waals surface area (Å²) in [7, 11) is 0. The molecule has 0 spiro atoms. The fraction of sp³-hybridized carbons (Fsp3) is 0.182. The summed E-state index contributed by atoms with van der Waals surface area (Å²) in [5.41, 5.74) is 9.15. The van der Waals surface area contributed by atoms with Crippen LogP contribution in [0.1, 0.15) is 11.4 Å². The molecule has 2 rings (SSSR count). The van der Waals surface area contributed by atoms with Crippen molar-refractivity contribution in [1.29, 1.82) is 0 Å². The number of imidazole rings is 1. The minimum absolute atomic E-state index is 0.562. The first kappa shape index (κ1) is 8.81. The van der Waals surface area contributed by atoms with E-state index in [2.05, 4.69) is 9.97 Å². The number of aromatic amines is 1. The monoisotopic (exact) mass is 186 g/mol. The minimum Gasteiger partial charge on any atom is -0.349 e. The van der Waals surface area contributed by atoms with Gasteiger partial charge < -0.3 is 10.7 Å². The number of nitrogens with zero attached hydrogens (tertiary/aromatic N) is 1. The Morgan fingerprint density at radius 3 is 2.57 bits per heavy atom. The first-order valence-corrected chi connectivity index (χ1v) is 4.63. The number of nitrogens with one attached hydrogen (secondary N) is 2. The van der Waals surface area contributed by atoms with Crippen molar-refractivity contribution in [2.24, 2.45) is 0 Å². The van der Waals surface area contributed by atoms with Gasteiger partial charge >= 0.3 is 0 Å². The van der Waals surface area contributed by atoms with E-state index in [1.165, 1.54) is 5.56 Å². The second-order valence-electron chi connectivity index (χ2n) is 3.23. The predicted molar refractivity (Wildman–Crippen MR) is 55.2 cm³/mol. The lowest BCUT2D eigenvalue weighted by Crippen LogP contribution is -1.92. The number of benzene rings is 1. The molecule has 0 aliphatic heterocycles. The van der Waals surface area contributed by atoms with Crippen LogP contribution in [0.2, 0.25) is 0 Å². The largest absolute Gasteiger partial charge is 0.349 e. The molecule has 0 aliphatic carbocycles. The molecule has 0 fully saturated rings.